The Balaban J connectivity index is 1.83. The number of aromatic nitrogens is 1. The Morgan fingerprint density at radius 2 is 1.82 bits per heavy atom. The fourth-order valence-electron chi connectivity index (χ4n) is 2.20. The summed E-state index contributed by atoms with van der Waals surface area (Å²) in [6, 6.07) is 13.6. The molecule has 116 valence electrons. The van der Waals surface area contributed by atoms with Crippen molar-refractivity contribution in [1.82, 2.24) is 15.8 Å². The molecule has 0 aliphatic rings. The van der Waals surface area contributed by atoms with E-state index in [-0.39, 0.29) is 5.91 Å². The van der Waals surface area contributed by atoms with Gasteiger partial charge in [-0.05, 0) is 43.7 Å². The fraction of sp³-hybridized carbons (Fsp3) is 0.294. The van der Waals surface area contributed by atoms with Crippen LogP contribution in [0, 0.1) is 0 Å². The monoisotopic (exact) mass is 298 g/mol. The van der Waals surface area contributed by atoms with E-state index in [1.807, 2.05) is 0 Å². The molecule has 0 aliphatic carbocycles. The minimum atomic E-state index is -0.236. The van der Waals surface area contributed by atoms with Crippen LogP contribution in [0.3, 0.4) is 0 Å². The molecule has 0 saturated heterocycles. The van der Waals surface area contributed by atoms with Crippen molar-refractivity contribution in [2.75, 3.05) is 18.0 Å². The van der Waals surface area contributed by atoms with Crippen molar-refractivity contribution in [1.29, 1.82) is 0 Å². The number of rotatable bonds is 7. The van der Waals surface area contributed by atoms with Crippen LogP contribution < -0.4 is 15.8 Å². The second-order valence-corrected chi connectivity index (χ2v) is 4.86. The topological polar surface area (TPSA) is 57.3 Å². The smallest absolute Gasteiger partial charge is 0.283 e. The van der Waals surface area contributed by atoms with Crippen molar-refractivity contribution in [3.05, 3.63) is 59.9 Å². The lowest BCUT2D eigenvalue weighted by Gasteiger charge is -2.21. The number of carbonyl (C=O) groups excluding carboxylic acids is 1. The lowest BCUT2D eigenvalue weighted by molar-refractivity contribution is 0.0927. The van der Waals surface area contributed by atoms with Crippen molar-refractivity contribution >= 4 is 11.6 Å². The Morgan fingerprint density at radius 3 is 2.41 bits per heavy atom. The van der Waals surface area contributed by atoms with Gasteiger partial charge in [-0.1, -0.05) is 18.2 Å². The Labute approximate surface area is 131 Å². The van der Waals surface area contributed by atoms with Crippen LogP contribution in [0.4, 0.5) is 5.69 Å². The van der Waals surface area contributed by atoms with Gasteiger partial charge in [0.1, 0.15) is 5.69 Å². The Bertz CT molecular complexity index is 579. The molecule has 0 spiro atoms. The van der Waals surface area contributed by atoms with Gasteiger partial charge in [-0.2, -0.15) is 0 Å². The highest BCUT2D eigenvalue weighted by Crippen LogP contribution is 2.14. The molecule has 1 amide bonds. The maximum atomic E-state index is 11.8. The number of amides is 1. The zero-order valence-corrected chi connectivity index (χ0v) is 13.0. The van der Waals surface area contributed by atoms with Gasteiger partial charge >= 0.3 is 0 Å². The second-order valence-electron chi connectivity index (χ2n) is 4.86. The van der Waals surface area contributed by atoms with Crippen molar-refractivity contribution in [2.45, 2.75) is 20.4 Å². The highest BCUT2D eigenvalue weighted by atomic mass is 16.2. The minimum absolute atomic E-state index is 0.236. The third-order valence-electron chi connectivity index (χ3n) is 3.46. The third-order valence-corrected chi connectivity index (χ3v) is 3.46. The first kappa shape index (κ1) is 16.0. The van der Waals surface area contributed by atoms with Crippen LogP contribution >= 0.6 is 0 Å². The molecule has 1 aromatic carbocycles. The lowest BCUT2D eigenvalue weighted by atomic mass is 10.2. The Kier molecular flexibility index (Phi) is 5.91. The first-order valence-electron chi connectivity index (χ1n) is 7.52. The number of pyridine rings is 1. The first-order valence-corrected chi connectivity index (χ1v) is 7.52. The molecule has 1 heterocycles. The molecule has 2 aromatic rings. The van der Waals surface area contributed by atoms with Gasteiger partial charge < -0.3 is 4.90 Å². The van der Waals surface area contributed by atoms with Gasteiger partial charge in [0.05, 0.1) is 0 Å². The van der Waals surface area contributed by atoms with E-state index in [0.717, 1.165) is 18.7 Å². The summed E-state index contributed by atoms with van der Waals surface area (Å²) < 4.78 is 0. The van der Waals surface area contributed by atoms with E-state index in [0.29, 0.717) is 12.2 Å². The van der Waals surface area contributed by atoms with E-state index in [9.17, 15) is 4.79 Å². The summed E-state index contributed by atoms with van der Waals surface area (Å²) in [6.45, 7) is 6.85. The molecule has 5 nitrogen and oxygen atoms in total. The average Bonchev–Trinajstić information content (AvgIpc) is 2.58. The summed E-state index contributed by atoms with van der Waals surface area (Å²) in [4.78, 5) is 18.1. The van der Waals surface area contributed by atoms with Crippen LogP contribution in [0.2, 0.25) is 0 Å². The van der Waals surface area contributed by atoms with Gasteiger partial charge in [-0.15, -0.1) is 0 Å². The average molecular weight is 298 g/mol. The summed E-state index contributed by atoms with van der Waals surface area (Å²) >= 11 is 0. The van der Waals surface area contributed by atoms with E-state index in [1.54, 1.807) is 24.4 Å². The molecule has 0 radical (unpaired) electrons. The summed E-state index contributed by atoms with van der Waals surface area (Å²) in [5.41, 5.74) is 8.29. The largest absolute Gasteiger partial charge is 0.372 e. The summed E-state index contributed by atoms with van der Waals surface area (Å²) in [6.07, 6.45) is 1.60. The van der Waals surface area contributed by atoms with Gasteiger partial charge in [0.25, 0.3) is 5.91 Å². The fourth-order valence-corrected chi connectivity index (χ4v) is 2.20. The number of nitrogens with zero attached hydrogens (tertiary/aromatic N) is 2. The lowest BCUT2D eigenvalue weighted by Crippen LogP contribution is -2.37. The van der Waals surface area contributed by atoms with Gasteiger partial charge in [0.2, 0.25) is 0 Å². The predicted octanol–water partition coefficient (Wildman–Crippen LogP) is 2.36. The number of anilines is 1. The van der Waals surface area contributed by atoms with Crippen LogP contribution in [0.25, 0.3) is 0 Å². The molecule has 2 rings (SSSR count). The molecule has 22 heavy (non-hydrogen) atoms. The Hall–Kier alpha value is -2.40. The van der Waals surface area contributed by atoms with Crippen LogP contribution in [0.15, 0.2) is 48.7 Å². The number of hydrogen-bond donors (Lipinski definition) is 2. The van der Waals surface area contributed by atoms with Crippen molar-refractivity contribution < 1.29 is 4.79 Å². The molecule has 1 aromatic heterocycles. The van der Waals surface area contributed by atoms with Gasteiger partial charge in [0.15, 0.2) is 0 Å². The quantitative estimate of drug-likeness (QED) is 0.771. The van der Waals surface area contributed by atoms with Crippen LogP contribution in [0.5, 0.6) is 0 Å². The van der Waals surface area contributed by atoms with Crippen LogP contribution in [-0.4, -0.2) is 24.0 Å². The molecular weight excluding hydrogens is 276 g/mol. The normalized spacial score (nSPS) is 10.3. The number of nitrogens with one attached hydrogen (secondary N) is 2. The van der Waals surface area contributed by atoms with Crippen molar-refractivity contribution in [2.24, 2.45) is 0 Å². The highest BCUT2D eigenvalue weighted by molar-refractivity contribution is 5.91. The van der Waals surface area contributed by atoms with Crippen LogP contribution in [0.1, 0.15) is 29.9 Å². The first-order chi connectivity index (χ1) is 10.7. The standard InChI is InChI=1S/C17H22N4O/c1-3-21(4-2)15-10-8-14(9-11-15)13-19-20-17(22)16-7-5-6-12-18-16/h5-12,19H,3-4,13H2,1-2H3,(H,20,22). The predicted molar refractivity (Wildman–Crippen MR) is 88.5 cm³/mol. The summed E-state index contributed by atoms with van der Waals surface area (Å²) in [5.74, 6) is -0.236. The Morgan fingerprint density at radius 1 is 1.09 bits per heavy atom. The maximum Gasteiger partial charge on any atom is 0.283 e. The van der Waals surface area contributed by atoms with E-state index >= 15 is 0 Å². The molecule has 0 unspecified atom stereocenters. The van der Waals surface area contributed by atoms with E-state index in [1.165, 1.54) is 5.69 Å². The maximum absolute atomic E-state index is 11.8. The zero-order chi connectivity index (χ0) is 15.8. The van der Waals surface area contributed by atoms with Crippen LogP contribution in [-0.2, 0) is 6.54 Å². The number of carbonyl (C=O) groups is 1. The molecule has 0 bridgehead atoms. The zero-order valence-electron chi connectivity index (χ0n) is 13.0. The van der Waals surface area contributed by atoms with E-state index in [4.69, 9.17) is 0 Å². The molecule has 0 saturated carbocycles. The van der Waals surface area contributed by atoms with Crippen molar-refractivity contribution in [3.63, 3.8) is 0 Å². The van der Waals surface area contributed by atoms with E-state index < -0.39 is 0 Å². The SMILES string of the molecule is CCN(CC)c1ccc(CNNC(=O)c2ccccn2)cc1. The van der Waals surface area contributed by atoms with Crippen molar-refractivity contribution in [3.8, 4) is 0 Å². The minimum Gasteiger partial charge on any atom is -0.372 e. The van der Waals surface area contributed by atoms with Gasteiger partial charge in [0, 0.05) is 31.5 Å². The molecule has 5 heteroatoms. The number of hydrogen-bond acceptors (Lipinski definition) is 4. The highest BCUT2D eigenvalue weighted by Gasteiger charge is 2.05. The molecular formula is C17H22N4O. The van der Waals surface area contributed by atoms with E-state index in [2.05, 4.69) is 58.8 Å². The third kappa shape index (κ3) is 4.30. The molecule has 0 aliphatic heterocycles. The number of benzene rings is 1. The summed E-state index contributed by atoms with van der Waals surface area (Å²) in [7, 11) is 0. The number of hydrazine groups is 1. The molecule has 0 atom stereocenters. The molecule has 0 fully saturated rings. The van der Waals surface area contributed by atoms with Gasteiger partial charge in [-0.25, -0.2) is 5.43 Å². The second kappa shape index (κ2) is 8.14. The summed E-state index contributed by atoms with van der Waals surface area (Å²) in [5, 5.41) is 0. The van der Waals surface area contributed by atoms with Gasteiger partial charge in [-0.3, -0.25) is 15.2 Å². The molecule has 2 N–H and O–H groups in total.